The Kier molecular flexibility index (Phi) is 8.41. The zero-order valence-electron chi connectivity index (χ0n) is 18.7. The molecule has 0 fully saturated rings. The van der Waals surface area contributed by atoms with Crippen LogP contribution in [0.1, 0.15) is 22.8 Å². The number of anilines is 1. The molecule has 0 unspecified atom stereocenters. The van der Waals surface area contributed by atoms with Crippen molar-refractivity contribution in [1.82, 2.24) is 5.43 Å². The van der Waals surface area contributed by atoms with E-state index in [9.17, 15) is 18.0 Å². The van der Waals surface area contributed by atoms with Crippen molar-refractivity contribution < 1.29 is 32.6 Å². The number of sulfonamides is 1. The lowest BCUT2D eigenvalue weighted by Gasteiger charge is -2.10. The van der Waals surface area contributed by atoms with Crippen LogP contribution in [0.25, 0.3) is 0 Å². The zero-order chi connectivity index (χ0) is 25.3. The minimum absolute atomic E-state index is 0.0738. The number of carbonyl (C=O) groups is 2. The first-order valence-electron chi connectivity index (χ1n) is 10.4. The molecule has 0 aliphatic heterocycles. The van der Waals surface area contributed by atoms with Crippen LogP contribution in [0, 0.1) is 0 Å². The number of aliphatic carboxylic acids is 1. The van der Waals surface area contributed by atoms with Gasteiger partial charge in [-0.05, 0) is 67.6 Å². The summed E-state index contributed by atoms with van der Waals surface area (Å²) in [5, 5.41) is 12.6. The zero-order valence-corrected chi connectivity index (χ0v) is 19.5. The van der Waals surface area contributed by atoms with Crippen molar-refractivity contribution >= 4 is 33.8 Å². The summed E-state index contributed by atoms with van der Waals surface area (Å²) in [6, 6.07) is 18.5. The normalized spacial score (nSPS) is 11.1. The second-order valence-corrected chi connectivity index (χ2v) is 8.69. The van der Waals surface area contributed by atoms with Gasteiger partial charge in [-0.15, -0.1) is 0 Å². The molecular formula is C24H23N3O7S. The molecule has 1 amide bonds. The topological polar surface area (TPSA) is 143 Å². The van der Waals surface area contributed by atoms with E-state index in [0.717, 1.165) is 0 Å². The largest absolute Gasteiger partial charge is 0.494 e. The number of hydrazone groups is 1. The third-order valence-electron chi connectivity index (χ3n) is 4.48. The van der Waals surface area contributed by atoms with E-state index in [1.807, 2.05) is 6.92 Å². The first kappa shape index (κ1) is 25.2. The molecule has 3 rings (SSSR count). The summed E-state index contributed by atoms with van der Waals surface area (Å²) >= 11 is 0. The van der Waals surface area contributed by atoms with Crippen LogP contribution in [0.4, 0.5) is 5.69 Å². The van der Waals surface area contributed by atoms with Gasteiger partial charge in [-0.2, -0.15) is 5.10 Å². The summed E-state index contributed by atoms with van der Waals surface area (Å²) in [7, 11) is -3.82. The lowest BCUT2D eigenvalue weighted by atomic mass is 10.2. The number of ether oxygens (including phenoxy) is 2. The quantitative estimate of drug-likeness (QED) is 0.273. The highest BCUT2D eigenvalue weighted by Crippen LogP contribution is 2.20. The van der Waals surface area contributed by atoms with Crippen molar-refractivity contribution in [3.63, 3.8) is 0 Å². The number of nitrogens with zero attached hydrogens (tertiary/aromatic N) is 1. The van der Waals surface area contributed by atoms with Gasteiger partial charge in [-0.3, -0.25) is 9.52 Å². The lowest BCUT2D eigenvalue weighted by Crippen LogP contribution is -2.18. The second-order valence-electron chi connectivity index (χ2n) is 7.01. The minimum Gasteiger partial charge on any atom is -0.494 e. The Morgan fingerprint density at radius 2 is 1.66 bits per heavy atom. The van der Waals surface area contributed by atoms with Crippen LogP contribution in [0.2, 0.25) is 0 Å². The fourth-order valence-electron chi connectivity index (χ4n) is 2.87. The van der Waals surface area contributed by atoms with Gasteiger partial charge in [-0.1, -0.05) is 12.1 Å². The van der Waals surface area contributed by atoms with Gasteiger partial charge in [0.2, 0.25) is 0 Å². The molecule has 35 heavy (non-hydrogen) atoms. The molecule has 0 aliphatic carbocycles. The molecule has 0 saturated heterocycles. The Labute approximate surface area is 202 Å². The Hall–Kier alpha value is -4.38. The van der Waals surface area contributed by atoms with E-state index in [2.05, 4.69) is 15.2 Å². The van der Waals surface area contributed by atoms with Crippen LogP contribution in [0.3, 0.4) is 0 Å². The summed E-state index contributed by atoms with van der Waals surface area (Å²) in [6.07, 6.45) is 1.33. The number of hydrogen-bond donors (Lipinski definition) is 3. The maximum absolute atomic E-state index is 12.6. The van der Waals surface area contributed by atoms with Gasteiger partial charge in [0.15, 0.2) is 6.61 Å². The number of carboxylic acid groups (broad SMARTS) is 1. The van der Waals surface area contributed by atoms with Gasteiger partial charge in [0.1, 0.15) is 11.5 Å². The van der Waals surface area contributed by atoms with E-state index in [1.54, 1.807) is 36.4 Å². The molecule has 0 bridgehead atoms. The highest BCUT2D eigenvalue weighted by Gasteiger charge is 2.15. The SMILES string of the molecule is CCOc1ccc(S(=O)(=O)Nc2ccc(C(=O)NN=Cc3ccccc3OCC(=O)O)cc2)cc1. The summed E-state index contributed by atoms with van der Waals surface area (Å²) < 4.78 is 38.1. The van der Waals surface area contributed by atoms with Gasteiger partial charge < -0.3 is 14.6 Å². The summed E-state index contributed by atoms with van der Waals surface area (Å²) in [6.45, 7) is 1.80. The Morgan fingerprint density at radius 3 is 2.31 bits per heavy atom. The van der Waals surface area contributed by atoms with Crippen LogP contribution in [0.15, 0.2) is 82.8 Å². The molecule has 0 aliphatic rings. The molecule has 0 heterocycles. The fourth-order valence-corrected chi connectivity index (χ4v) is 3.93. The van der Waals surface area contributed by atoms with Gasteiger partial charge in [0.05, 0.1) is 17.7 Å². The molecule has 0 atom stereocenters. The molecule has 3 N–H and O–H groups in total. The van der Waals surface area contributed by atoms with Gasteiger partial charge in [0.25, 0.3) is 15.9 Å². The molecule has 0 aromatic heterocycles. The van der Waals surface area contributed by atoms with E-state index >= 15 is 0 Å². The molecule has 11 heteroatoms. The van der Waals surface area contributed by atoms with Crippen molar-refractivity contribution in [2.75, 3.05) is 17.9 Å². The molecule has 10 nitrogen and oxygen atoms in total. The second kappa shape index (κ2) is 11.7. The van der Waals surface area contributed by atoms with E-state index < -0.39 is 28.5 Å². The van der Waals surface area contributed by atoms with E-state index in [0.29, 0.717) is 23.7 Å². The van der Waals surface area contributed by atoms with Gasteiger partial charge in [0, 0.05) is 16.8 Å². The summed E-state index contributed by atoms with van der Waals surface area (Å²) in [5.41, 5.74) is 3.37. The van der Waals surface area contributed by atoms with E-state index in [1.165, 1.54) is 42.6 Å². The first-order valence-corrected chi connectivity index (χ1v) is 11.9. The van der Waals surface area contributed by atoms with E-state index in [-0.39, 0.29) is 16.1 Å². The number of rotatable bonds is 11. The van der Waals surface area contributed by atoms with Gasteiger partial charge in [-0.25, -0.2) is 18.6 Å². The summed E-state index contributed by atoms with van der Waals surface area (Å²) in [4.78, 5) is 23.1. The predicted molar refractivity (Wildman–Crippen MR) is 129 cm³/mol. The van der Waals surface area contributed by atoms with Crippen molar-refractivity contribution in [3.05, 3.63) is 83.9 Å². The highest BCUT2D eigenvalue weighted by atomic mass is 32.2. The number of benzene rings is 3. The predicted octanol–water partition coefficient (Wildman–Crippen LogP) is 3.11. The minimum atomic E-state index is -3.82. The monoisotopic (exact) mass is 497 g/mol. The number of para-hydroxylation sites is 1. The average molecular weight is 498 g/mol. The highest BCUT2D eigenvalue weighted by molar-refractivity contribution is 7.92. The molecular weight excluding hydrogens is 474 g/mol. The Balaban J connectivity index is 1.61. The number of nitrogens with one attached hydrogen (secondary N) is 2. The number of hydrogen-bond acceptors (Lipinski definition) is 7. The van der Waals surface area contributed by atoms with Crippen LogP contribution in [0.5, 0.6) is 11.5 Å². The van der Waals surface area contributed by atoms with Gasteiger partial charge >= 0.3 is 5.97 Å². The molecule has 0 radical (unpaired) electrons. The Morgan fingerprint density at radius 1 is 0.971 bits per heavy atom. The molecule has 3 aromatic carbocycles. The first-order chi connectivity index (χ1) is 16.8. The van der Waals surface area contributed by atoms with Crippen molar-refractivity contribution in [1.29, 1.82) is 0 Å². The number of carbonyl (C=O) groups excluding carboxylic acids is 1. The molecule has 3 aromatic rings. The van der Waals surface area contributed by atoms with Crippen LogP contribution in [-0.4, -0.2) is 44.8 Å². The van der Waals surface area contributed by atoms with Crippen LogP contribution in [-0.2, 0) is 14.8 Å². The van der Waals surface area contributed by atoms with Crippen molar-refractivity contribution in [2.45, 2.75) is 11.8 Å². The van der Waals surface area contributed by atoms with Crippen LogP contribution >= 0.6 is 0 Å². The smallest absolute Gasteiger partial charge is 0.341 e. The standard InChI is InChI=1S/C24H23N3O7S/c1-2-33-20-11-13-21(14-12-20)35(31,32)27-19-9-7-17(8-10-19)24(30)26-25-15-18-5-3-4-6-22(18)34-16-23(28)29/h3-15,27H,2,16H2,1H3,(H,26,30)(H,28,29). The molecule has 182 valence electrons. The number of carboxylic acids is 1. The third kappa shape index (κ3) is 7.30. The number of amides is 1. The fraction of sp³-hybridized carbons (Fsp3) is 0.125. The maximum Gasteiger partial charge on any atom is 0.341 e. The average Bonchev–Trinajstić information content (AvgIpc) is 2.84. The van der Waals surface area contributed by atoms with Crippen LogP contribution < -0.4 is 19.6 Å². The maximum atomic E-state index is 12.6. The lowest BCUT2D eigenvalue weighted by molar-refractivity contribution is -0.139. The summed E-state index contributed by atoms with van der Waals surface area (Å²) in [5.74, 6) is -0.765. The molecule has 0 saturated carbocycles. The third-order valence-corrected chi connectivity index (χ3v) is 5.88. The Bertz CT molecular complexity index is 1310. The van der Waals surface area contributed by atoms with E-state index in [4.69, 9.17) is 14.6 Å². The van der Waals surface area contributed by atoms with Crippen molar-refractivity contribution in [2.24, 2.45) is 5.10 Å². The van der Waals surface area contributed by atoms with Crippen molar-refractivity contribution in [3.8, 4) is 11.5 Å². The molecule has 0 spiro atoms.